The first-order valence-electron chi connectivity index (χ1n) is 7.07. The molecule has 1 aliphatic heterocycles. The van der Waals surface area contributed by atoms with E-state index in [-0.39, 0.29) is 11.4 Å². The summed E-state index contributed by atoms with van der Waals surface area (Å²) in [6.07, 6.45) is 2.11. The molecule has 20 heavy (non-hydrogen) atoms. The van der Waals surface area contributed by atoms with Crippen LogP contribution in [0.1, 0.15) is 48.2 Å². The number of hydrogen-bond acceptors (Lipinski definition) is 2. The van der Waals surface area contributed by atoms with Crippen LogP contribution in [0, 0.1) is 18.8 Å². The fourth-order valence-electron chi connectivity index (χ4n) is 2.72. The molecule has 0 unspecified atom stereocenters. The normalized spacial score (nSPS) is 16.7. The summed E-state index contributed by atoms with van der Waals surface area (Å²) >= 11 is 0. The van der Waals surface area contributed by atoms with Gasteiger partial charge in [0.25, 0.3) is 5.91 Å². The second kappa shape index (κ2) is 5.68. The van der Waals surface area contributed by atoms with E-state index >= 15 is 0 Å². The van der Waals surface area contributed by atoms with Crippen LogP contribution in [0.15, 0.2) is 18.2 Å². The lowest BCUT2D eigenvalue weighted by molar-refractivity contribution is 0.0651. The van der Waals surface area contributed by atoms with Gasteiger partial charge in [-0.3, -0.25) is 4.79 Å². The molecule has 1 aliphatic rings. The van der Waals surface area contributed by atoms with Gasteiger partial charge in [0.15, 0.2) is 0 Å². The van der Waals surface area contributed by atoms with Crippen LogP contribution in [0.5, 0.6) is 0 Å². The summed E-state index contributed by atoms with van der Waals surface area (Å²) < 4.78 is 0. The topological polar surface area (TPSA) is 46.3 Å². The zero-order valence-electron chi connectivity index (χ0n) is 12.5. The van der Waals surface area contributed by atoms with Crippen molar-refractivity contribution in [2.45, 2.75) is 39.2 Å². The first-order valence-corrected chi connectivity index (χ1v) is 7.07. The van der Waals surface area contributed by atoms with Gasteiger partial charge in [0.05, 0.1) is 12.1 Å². The lowest BCUT2D eigenvalue weighted by Crippen LogP contribution is -2.42. The fourth-order valence-corrected chi connectivity index (χ4v) is 2.72. The predicted octanol–water partition coefficient (Wildman–Crippen LogP) is 2.32. The largest absolute Gasteiger partial charge is 0.333 e. The molecule has 1 amide bonds. The van der Waals surface area contributed by atoms with Crippen LogP contribution in [0.3, 0.4) is 0 Å². The monoisotopic (exact) mass is 270 g/mol. The molecule has 1 saturated heterocycles. The first kappa shape index (κ1) is 14.6. The number of carbonyl (C=O) groups is 1. The van der Waals surface area contributed by atoms with Crippen molar-refractivity contribution in [2.24, 2.45) is 5.73 Å². The molecule has 1 heterocycles. The number of likely N-dealkylation sites (tertiary alicyclic amines) is 1. The molecule has 0 aliphatic carbocycles. The molecule has 0 atom stereocenters. The number of nitrogens with zero attached hydrogens (tertiary/aromatic N) is 1. The van der Waals surface area contributed by atoms with Gasteiger partial charge in [-0.2, -0.15) is 0 Å². The van der Waals surface area contributed by atoms with Crippen molar-refractivity contribution in [3.8, 4) is 11.8 Å². The van der Waals surface area contributed by atoms with E-state index in [0.717, 1.165) is 30.5 Å². The van der Waals surface area contributed by atoms with Gasteiger partial charge in [-0.25, -0.2) is 0 Å². The van der Waals surface area contributed by atoms with Crippen molar-refractivity contribution in [1.82, 2.24) is 4.90 Å². The second-order valence-corrected chi connectivity index (χ2v) is 5.93. The Morgan fingerprint density at radius 3 is 2.80 bits per heavy atom. The van der Waals surface area contributed by atoms with Gasteiger partial charge in [-0.05, 0) is 45.7 Å². The van der Waals surface area contributed by atoms with E-state index in [0.29, 0.717) is 12.1 Å². The van der Waals surface area contributed by atoms with Crippen LogP contribution in [0.25, 0.3) is 0 Å². The summed E-state index contributed by atoms with van der Waals surface area (Å²) in [5, 5.41) is 0. The number of nitrogens with two attached hydrogens (primary N) is 1. The van der Waals surface area contributed by atoms with Crippen molar-refractivity contribution in [2.75, 3.05) is 13.1 Å². The van der Waals surface area contributed by atoms with Gasteiger partial charge >= 0.3 is 0 Å². The molecule has 3 nitrogen and oxygen atoms in total. The SMILES string of the molecule is Cc1ccc(C#CCN)c(C(=O)N2CCCC2(C)C)c1. The Bertz CT molecular complexity index is 578. The average molecular weight is 270 g/mol. The summed E-state index contributed by atoms with van der Waals surface area (Å²) in [6, 6.07) is 5.82. The quantitative estimate of drug-likeness (QED) is 0.796. The van der Waals surface area contributed by atoms with Gasteiger partial charge in [0.1, 0.15) is 0 Å². The van der Waals surface area contributed by atoms with Crippen LogP contribution in [-0.4, -0.2) is 29.4 Å². The standard InChI is InChI=1S/C17H22N2O/c1-13-7-8-14(6-4-10-18)15(12-13)16(20)19-11-5-9-17(19,2)3/h7-8,12H,5,9-11,18H2,1-3H3. The lowest BCUT2D eigenvalue weighted by Gasteiger charge is -2.32. The fraction of sp³-hybridized carbons (Fsp3) is 0.471. The van der Waals surface area contributed by atoms with Crippen molar-refractivity contribution in [3.05, 3.63) is 34.9 Å². The second-order valence-electron chi connectivity index (χ2n) is 5.93. The Hall–Kier alpha value is -1.79. The van der Waals surface area contributed by atoms with Crippen LogP contribution >= 0.6 is 0 Å². The Kier molecular flexibility index (Phi) is 4.15. The number of hydrogen-bond donors (Lipinski definition) is 1. The maximum absolute atomic E-state index is 12.8. The maximum atomic E-state index is 12.8. The summed E-state index contributed by atoms with van der Waals surface area (Å²) in [7, 11) is 0. The van der Waals surface area contributed by atoms with E-state index in [2.05, 4.69) is 25.7 Å². The van der Waals surface area contributed by atoms with E-state index in [1.165, 1.54) is 0 Å². The molecular weight excluding hydrogens is 248 g/mol. The van der Waals surface area contributed by atoms with Crippen molar-refractivity contribution >= 4 is 5.91 Å². The molecule has 0 spiro atoms. The van der Waals surface area contributed by atoms with Gasteiger partial charge in [-0.15, -0.1) is 0 Å². The van der Waals surface area contributed by atoms with Crippen molar-refractivity contribution in [3.63, 3.8) is 0 Å². The van der Waals surface area contributed by atoms with Crippen LogP contribution < -0.4 is 5.73 Å². The van der Waals surface area contributed by atoms with Gasteiger partial charge < -0.3 is 10.6 Å². The first-order chi connectivity index (χ1) is 9.45. The minimum absolute atomic E-state index is 0.0700. The number of rotatable bonds is 1. The zero-order valence-corrected chi connectivity index (χ0v) is 12.5. The van der Waals surface area contributed by atoms with E-state index in [1.807, 2.05) is 30.0 Å². The van der Waals surface area contributed by atoms with E-state index in [9.17, 15) is 4.79 Å². The highest BCUT2D eigenvalue weighted by Crippen LogP contribution is 2.30. The van der Waals surface area contributed by atoms with E-state index < -0.39 is 0 Å². The third-order valence-electron chi connectivity index (χ3n) is 3.88. The number of amides is 1. The molecule has 0 saturated carbocycles. The highest BCUT2D eigenvalue weighted by Gasteiger charge is 2.36. The zero-order chi connectivity index (χ0) is 14.8. The van der Waals surface area contributed by atoms with Crippen LogP contribution in [0.2, 0.25) is 0 Å². The number of benzene rings is 1. The molecule has 0 aromatic heterocycles. The van der Waals surface area contributed by atoms with Gasteiger partial charge in [0, 0.05) is 17.6 Å². The molecular formula is C17H22N2O. The third kappa shape index (κ3) is 2.86. The van der Waals surface area contributed by atoms with E-state index in [1.54, 1.807) is 0 Å². The Labute approximate surface area is 121 Å². The van der Waals surface area contributed by atoms with Gasteiger partial charge in [0.2, 0.25) is 0 Å². The molecule has 2 rings (SSSR count). The minimum Gasteiger partial charge on any atom is -0.333 e. The van der Waals surface area contributed by atoms with Crippen LogP contribution in [0.4, 0.5) is 0 Å². The molecule has 1 aromatic rings. The number of carbonyl (C=O) groups excluding carboxylic acids is 1. The summed E-state index contributed by atoms with van der Waals surface area (Å²) in [5.41, 5.74) is 7.90. The number of aryl methyl sites for hydroxylation is 1. The molecule has 0 radical (unpaired) electrons. The molecule has 0 bridgehead atoms. The van der Waals surface area contributed by atoms with Crippen molar-refractivity contribution < 1.29 is 4.79 Å². The molecule has 2 N–H and O–H groups in total. The van der Waals surface area contributed by atoms with Crippen LogP contribution in [-0.2, 0) is 0 Å². The Morgan fingerprint density at radius 1 is 1.45 bits per heavy atom. The summed E-state index contributed by atoms with van der Waals surface area (Å²) in [6.45, 7) is 7.37. The molecule has 1 aromatic carbocycles. The smallest absolute Gasteiger partial charge is 0.255 e. The Balaban J connectivity index is 2.41. The minimum atomic E-state index is -0.0700. The average Bonchev–Trinajstić information content (AvgIpc) is 2.76. The maximum Gasteiger partial charge on any atom is 0.255 e. The molecule has 3 heteroatoms. The van der Waals surface area contributed by atoms with Crippen molar-refractivity contribution in [1.29, 1.82) is 0 Å². The molecule has 106 valence electrons. The highest BCUT2D eigenvalue weighted by atomic mass is 16.2. The summed E-state index contributed by atoms with van der Waals surface area (Å²) in [4.78, 5) is 14.8. The predicted molar refractivity (Wildman–Crippen MR) is 81.5 cm³/mol. The Morgan fingerprint density at radius 2 is 2.20 bits per heavy atom. The third-order valence-corrected chi connectivity index (χ3v) is 3.88. The lowest BCUT2D eigenvalue weighted by atomic mass is 9.99. The summed E-state index contributed by atoms with van der Waals surface area (Å²) in [5.74, 6) is 5.93. The van der Waals surface area contributed by atoms with E-state index in [4.69, 9.17) is 5.73 Å². The molecule has 1 fully saturated rings. The van der Waals surface area contributed by atoms with Gasteiger partial charge in [-0.1, -0.05) is 23.5 Å². The highest BCUT2D eigenvalue weighted by molar-refractivity contribution is 5.97.